The highest BCUT2D eigenvalue weighted by molar-refractivity contribution is 7.11. The molecule has 1 aliphatic carbocycles. The first-order chi connectivity index (χ1) is 7.82. The highest BCUT2D eigenvalue weighted by Gasteiger charge is 2.66. The highest BCUT2D eigenvalue weighted by Crippen LogP contribution is 2.73. The van der Waals surface area contributed by atoms with Crippen molar-refractivity contribution in [2.45, 2.75) is 53.5 Å². The lowest BCUT2D eigenvalue weighted by atomic mass is 10.0. The highest BCUT2D eigenvalue weighted by atomic mass is 32.1. The average Bonchev–Trinajstić information content (AvgIpc) is 2.59. The fourth-order valence-corrected chi connectivity index (χ4v) is 4.09. The normalized spacial score (nSPS) is 23.6. The molecule has 0 aliphatic heterocycles. The van der Waals surface area contributed by atoms with Gasteiger partial charge in [-0.15, -0.1) is 10.2 Å². The molecule has 1 aliphatic rings. The summed E-state index contributed by atoms with van der Waals surface area (Å²) in [7, 11) is 0. The van der Waals surface area contributed by atoms with E-state index in [1.807, 2.05) is 0 Å². The molecule has 3 nitrogen and oxygen atoms in total. The molecule has 0 aromatic carbocycles. The molecule has 0 spiro atoms. The van der Waals surface area contributed by atoms with Gasteiger partial charge in [-0.05, 0) is 24.3 Å². The topological polar surface area (TPSA) is 37.8 Å². The molecule has 0 radical (unpaired) electrons. The Morgan fingerprint density at radius 2 is 1.82 bits per heavy atom. The van der Waals surface area contributed by atoms with Crippen molar-refractivity contribution in [2.24, 2.45) is 10.8 Å². The number of aromatic nitrogens is 2. The summed E-state index contributed by atoms with van der Waals surface area (Å²) < 4.78 is 0. The summed E-state index contributed by atoms with van der Waals surface area (Å²) in [6.07, 6.45) is 0. The molecule has 0 amide bonds. The summed E-state index contributed by atoms with van der Waals surface area (Å²) in [6, 6.07) is 0.316. The van der Waals surface area contributed by atoms with Gasteiger partial charge in [-0.25, -0.2) is 0 Å². The lowest BCUT2D eigenvalue weighted by molar-refractivity contribution is 0.457. The summed E-state index contributed by atoms with van der Waals surface area (Å²) in [6.45, 7) is 14.5. The van der Waals surface area contributed by atoms with Crippen LogP contribution in [-0.4, -0.2) is 16.7 Å². The molecule has 0 saturated heterocycles. The van der Waals surface area contributed by atoms with Crippen LogP contribution in [0.2, 0.25) is 0 Å². The third-order valence-electron chi connectivity index (χ3n) is 4.60. The van der Waals surface area contributed by atoms with E-state index in [-0.39, 0.29) is 0 Å². The van der Waals surface area contributed by atoms with E-state index in [2.05, 4.69) is 57.1 Å². The van der Waals surface area contributed by atoms with Gasteiger partial charge in [0.05, 0.1) is 6.04 Å². The van der Waals surface area contributed by atoms with Gasteiger partial charge < -0.3 is 5.32 Å². The van der Waals surface area contributed by atoms with Crippen molar-refractivity contribution in [1.29, 1.82) is 0 Å². The first-order valence-corrected chi connectivity index (χ1v) is 7.20. The van der Waals surface area contributed by atoms with Gasteiger partial charge >= 0.3 is 0 Å². The van der Waals surface area contributed by atoms with Gasteiger partial charge in [0.2, 0.25) is 0 Å². The van der Waals surface area contributed by atoms with Crippen LogP contribution in [-0.2, 0) is 0 Å². The second-order valence-electron chi connectivity index (χ2n) is 6.13. The van der Waals surface area contributed by atoms with E-state index in [0.717, 1.165) is 11.6 Å². The van der Waals surface area contributed by atoms with Crippen molar-refractivity contribution in [2.75, 3.05) is 6.54 Å². The van der Waals surface area contributed by atoms with Crippen molar-refractivity contribution >= 4 is 11.3 Å². The van der Waals surface area contributed by atoms with Gasteiger partial charge in [0.25, 0.3) is 0 Å². The largest absolute Gasteiger partial charge is 0.308 e. The Labute approximate surface area is 108 Å². The van der Waals surface area contributed by atoms with Gasteiger partial charge in [0.1, 0.15) is 10.0 Å². The summed E-state index contributed by atoms with van der Waals surface area (Å²) in [4.78, 5) is 0. The molecule has 1 aromatic rings. The lowest BCUT2D eigenvalue weighted by Gasteiger charge is -2.06. The Kier molecular flexibility index (Phi) is 3.07. The molecule has 1 atom stereocenters. The monoisotopic (exact) mass is 253 g/mol. The molecule has 4 heteroatoms. The van der Waals surface area contributed by atoms with E-state index in [4.69, 9.17) is 0 Å². The van der Waals surface area contributed by atoms with Crippen molar-refractivity contribution in [3.05, 3.63) is 10.0 Å². The van der Waals surface area contributed by atoms with Crippen LogP contribution in [0.5, 0.6) is 0 Å². The molecule has 1 fully saturated rings. The Bertz CT molecular complexity index is 395. The summed E-state index contributed by atoms with van der Waals surface area (Å²) in [5, 5.41) is 14.4. The van der Waals surface area contributed by atoms with Gasteiger partial charge in [-0.1, -0.05) is 46.0 Å². The minimum Gasteiger partial charge on any atom is -0.308 e. The van der Waals surface area contributed by atoms with Gasteiger partial charge in [-0.2, -0.15) is 0 Å². The number of nitrogens with one attached hydrogen (secondary N) is 1. The van der Waals surface area contributed by atoms with Crippen LogP contribution in [0.25, 0.3) is 0 Å². The molecule has 1 unspecified atom stereocenters. The van der Waals surface area contributed by atoms with Crippen molar-refractivity contribution < 1.29 is 0 Å². The zero-order chi connectivity index (χ0) is 12.8. The van der Waals surface area contributed by atoms with Crippen LogP contribution >= 0.6 is 11.3 Å². The molecule has 96 valence electrons. The fourth-order valence-electron chi connectivity index (χ4n) is 2.75. The van der Waals surface area contributed by atoms with E-state index in [1.54, 1.807) is 11.3 Å². The maximum Gasteiger partial charge on any atom is 0.134 e. The maximum absolute atomic E-state index is 4.40. The van der Waals surface area contributed by atoms with Crippen LogP contribution in [0.1, 0.15) is 63.5 Å². The average molecular weight is 253 g/mol. The molecule has 1 heterocycles. The van der Waals surface area contributed by atoms with Crippen LogP contribution in [0.3, 0.4) is 0 Å². The number of rotatable bonds is 4. The van der Waals surface area contributed by atoms with Crippen molar-refractivity contribution in [3.63, 3.8) is 0 Å². The second-order valence-corrected chi connectivity index (χ2v) is 7.17. The van der Waals surface area contributed by atoms with Crippen LogP contribution in [0.4, 0.5) is 0 Å². The van der Waals surface area contributed by atoms with E-state index in [1.165, 1.54) is 5.01 Å². The zero-order valence-corrected chi connectivity index (χ0v) is 12.5. The summed E-state index contributed by atoms with van der Waals surface area (Å²) >= 11 is 1.77. The van der Waals surface area contributed by atoms with E-state index in [9.17, 15) is 0 Å². The third-order valence-corrected chi connectivity index (χ3v) is 5.78. The summed E-state index contributed by atoms with van der Waals surface area (Å²) in [5.41, 5.74) is 0.705. The molecule has 1 saturated carbocycles. The predicted molar refractivity (Wildman–Crippen MR) is 72.3 cm³/mol. The maximum atomic E-state index is 4.40. The van der Waals surface area contributed by atoms with Crippen LogP contribution < -0.4 is 5.32 Å². The number of hydrogen-bond acceptors (Lipinski definition) is 4. The predicted octanol–water partition coefficient (Wildman–Crippen LogP) is 3.36. The molecular formula is C13H23N3S. The molecule has 1 N–H and O–H groups in total. The van der Waals surface area contributed by atoms with Crippen molar-refractivity contribution in [3.8, 4) is 0 Å². The van der Waals surface area contributed by atoms with Crippen LogP contribution in [0, 0.1) is 10.8 Å². The van der Waals surface area contributed by atoms with Gasteiger partial charge in [0, 0.05) is 5.92 Å². The lowest BCUT2D eigenvalue weighted by Crippen LogP contribution is -2.17. The standard InChI is InChI=1S/C13H23N3S/c1-7-14-8(2)10-15-16-11(17-10)9-12(3,4)13(9,5)6/h8-9,14H,7H2,1-6H3. The molecular weight excluding hydrogens is 230 g/mol. The van der Waals surface area contributed by atoms with Gasteiger partial charge in [-0.3, -0.25) is 0 Å². The third kappa shape index (κ3) is 1.91. The second kappa shape index (κ2) is 4.02. The Hall–Kier alpha value is -0.480. The molecule has 0 bridgehead atoms. The van der Waals surface area contributed by atoms with Crippen LogP contribution in [0.15, 0.2) is 0 Å². The van der Waals surface area contributed by atoms with E-state index >= 15 is 0 Å². The summed E-state index contributed by atoms with van der Waals surface area (Å²) in [5.74, 6) is 0.565. The van der Waals surface area contributed by atoms with Gasteiger partial charge in [0.15, 0.2) is 0 Å². The smallest absolute Gasteiger partial charge is 0.134 e. The molecule has 2 rings (SSSR count). The molecule has 17 heavy (non-hydrogen) atoms. The zero-order valence-electron chi connectivity index (χ0n) is 11.7. The quantitative estimate of drug-likeness (QED) is 0.894. The van der Waals surface area contributed by atoms with E-state index < -0.39 is 0 Å². The first kappa shape index (κ1) is 13.0. The minimum absolute atomic E-state index is 0.316. The Morgan fingerprint density at radius 1 is 1.24 bits per heavy atom. The molecule has 1 aromatic heterocycles. The fraction of sp³-hybridized carbons (Fsp3) is 0.846. The van der Waals surface area contributed by atoms with Crippen molar-refractivity contribution in [1.82, 2.24) is 15.5 Å². The Balaban J connectivity index is 2.16. The van der Waals surface area contributed by atoms with E-state index in [0.29, 0.717) is 22.8 Å². The SMILES string of the molecule is CCNC(C)c1nnc(C2C(C)(C)C2(C)C)s1. The number of nitrogens with zero attached hydrogens (tertiary/aromatic N) is 2. The minimum atomic E-state index is 0.316. The first-order valence-electron chi connectivity index (χ1n) is 6.39. The Morgan fingerprint density at radius 3 is 2.29 bits per heavy atom. The number of hydrogen-bond donors (Lipinski definition) is 1.